The van der Waals surface area contributed by atoms with Gasteiger partial charge in [-0.2, -0.15) is 13.2 Å². The summed E-state index contributed by atoms with van der Waals surface area (Å²) in [5.74, 6) is -0.803. The normalized spacial score (nSPS) is 12.3. The molecule has 0 radical (unpaired) electrons. The maximum Gasteiger partial charge on any atom is 0.416 e. The third kappa shape index (κ3) is 5.63. The van der Waals surface area contributed by atoms with E-state index < -0.39 is 23.7 Å². The molecule has 0 heterocycles. The molecule has 0 aliphatic heterocycles. The van der Waals surface area contributed by atoms with Crippen molar-refractivity contribution in [2.24, 2.45) is 0 Å². The van der Waals surface area contributed by atoms with E-state index in [1.807, 2.05) is 0 Å². The number of carbonyl (C=O) groups is 2. The second-order valence-electron chi connectivity index (χ2n) is 5.49. The van der Waals surface area contributed by atoms with Crippen LogP contribution >= 0.6 is 0 Å². The highest BCUT2D eigenvalue weighted by atomic mass is 19.4. The SMILES string of the molecule is CC(=O)NC(CC(=O)Nc1cccc(C(F)(F)F)c1)c1ccccc1. The molecule has 2 rings (SSSR count). The number of benzene rings is 2. The van der Waals surface area contributed by atoms with Crippen LogP contribution in [0, 0.1) is 0 Å². The van der Waals surface area contributed by atoms with Crippen molar-refractivity contribution >= 4 is 17.5 Å². The van der Waals surface area contributed by atoms with E-state index in [2.05, 4.69) is 10.6 Å². The summed E-state index contributed by atoms with van der Waals surface area (Å²) in [5.41, 5.74) is -0.0573. The summed E-state index contributed by atoms with van der Waals surface area (Å²) in [5, 5.41) is 5.11. The maximum absolute atomic E-state index is 12.7. The van der Waals surface area contributed by atoms with Gasteiger partial charge in [-0.15, -0.1) is 0 Å². The first kappa shape index (κ1) is 18.5. The second kappa shape index (κ2) is 7.83. The summed E-state index contributed by atoms with van der Waals surface area (Å²) in [6.07, 6.45) is -4.58. The van der Waals surface area contributed by atoms with E-state index in [0.717, 1.165) is 17.7 Å². The fourth-order valence-corrected chi connectivity index (χ4v) is 2.35. The lowest BCUT2D eigenvalue weighted by Crippen LogP contribution is -2.29. The Balaban J connectivity index is 2.10. The molecule has 0 aliphatic rings. The fraction of sp³-hybridized carbons (Fsp3) is 0.222. The first-order chi connectivity index (χ1) is 11.8. The molecule has 2 N–H and O–H groups in total. The molecule has 0 bridgehead atoms. The Morgan fingerprint density at radius 2 is 1.72 bits per heavy atom. The van der Waals surface area contributed by atoms with Crippen LogP contribution < -0.4 is 10.6 Å². The zero-order chi connectivity index (χ0) is 18.4. The van der Waals surface area contributed by atoms with Crippen LogP contribution in [0.2, 0.25) is 0 Å². The van der Waals surface area contributed by atoms with Crippen molar-refractivity contribution in [1.82, 2.24) is 5.32 Å². The van der Waals surface area contributed by atoms with Crippen LogP contribution in [0.1, 0.15) is 30.5 Å². The average molecular weight is 350 g/mol. The minimum atomic E-state index is -4.48. The van der Waals surface area contributed by atoms with Crippen LogP contribution in [0.25, 0.3) is 0 Å². The fourth-order valence-electron chi connectivity index (χ4n) is 2.35. The predicted molar refractivity (Wildman–Crippen MR) is 87.7 cm³/mol. The Morgan fingerprint density at radius 3 is 2.32 bits per heavy atom. The number of hydrogen-bond acceptors (Lipinski definition) is 2. The van der Waals surface area contributed by atoms with Crippen molar-refractivity contribution in [2.45, 2.75) is 25.6 Å². The third-order valence-corrected chi connectivity index (χ3v) is 3.44. The second-order valence-corrected chi connectivity index (χ2v) is 5.49. The van der Waals surface area contributed by atoms with Gasteiger partial charge in [-0.3, -0.25) is 9.59 Å². The number of alkyl halides is 3. The molecule has 7 heteroatoms. The van der Waals surface area contributed by atoms with Gasteiger partial charge in [-0.25, -0.2) is 0 Å². The Kier molecular flexibility index (Phi) is 5.80. The molecular formula is C18H17F3N2O2. The van der Waals surface area contributed by atoms with Gasteiger partial charge in [0.2, 0.25) is 11.8 Å². The lowest BCUT2D eigenvalue weighted by molar-refractivity contribution is -0.137. The highest BCUT2D eigenvalue weighted by Gasteiger charge is 2.30. The summed E-state index contributed by atoms with van der Waals surface area (Å²) in [6.45, 7) is 1.33. The monoisotopic (exact) mass is 350 g/mol. The molecule has 0 spiro atoms. The average Bonchev–Trinajstić information content (AvgIpc) is 2.54. The van der Waals surface area contributed by atoms with Gasteiger partial charge in [-0.1, -0.05) is 36.4 Å². The Morgan fingerprint density at radius 1 is 1.04 bits per heavy atom. The van der Waals surface area contributed by atoms with E-state index in [1.165, 1.54) is 19.1 Å². The number of nitrogens with one attached hydrogen (secondary N) is 2. The first-order valence-electron chi connectivity index (χ1n) is 7.55. The van der Waals surface area contributed by atoms with Crippen LogP contribution in [0.4, 0.5) is 18.9 Å². The molecule has 2 aromatic carbocycles. The number of rotatable bonds is 5. The van der Waals surface area contributed by atoms with Crippen molar-refractivity contribution < 1.29 is 22.8 Å². The molecule has 0 saturated heterocycles. The highest BCUT2D eigenvalue weighted by molar-refractivity contribution is 5.91. The van der Waals surface area contributed by atoms with E-state index in [-0.39, 0.29) is 18.0 Å². The van der Waals surface area contributed by atoms with E-state index in [4.69, 9.17) is 0 Å². The van der Waals surface area contributed by atoms with E-state index in [0.29, 0.717) is 0 Å². The van der Waals surface area contributed by atoms with Gasteiger partial charge in [0.15, 0.2) is 0 Å². The molecule has 0 aliphatic carbocycles. The van der Waals surface area contributed by atoms with Gasteiger partial charge in [0.1, 0.15) is 0 Å². The van der Waals surface area contributed by atoms with Crippen molar-refractivity contribution in [3.8, 4) is 0 Å². The standard InChI is InChI=1S/C18H17F3N2O2/c1-12(24)22-16(13-6-3-2-4-7-13)11-17(25)23-15-9-5-8-14(10-15)18(19,20)21/h2-10,16H,11H2,1H3,(H,22,24)(H,23,25). The Hall–Kier alpha value is -2.83. The molecule has 1 unspecified atom stereocenters. The van der Waals surface area contributed by atoms with Gasteiger partial charge < -0.3 is 10.6 Å². The highest BCUT2D eigenvalue weighted by Crippen LogP contribution is 2.30. The molecule has 25 heavy (non-hydrogen) atoms. The number of halogens is 3. The lowest BCUT2D eigenvalue weighted by Gasteiger charge is -2.18. The molecule has 132 valence electrons. The van der Waals surface area contributed by atoms with Gasteiger partial charge in [0.05, 0.1) is 18.0 Å². The van der Waals surface area contributed by atoms with Crippen LogP contribution in [0.15, 0.2) is 54.6 Å². The largest absolute Gasteiger partial charge is 0.416 e. The number of carbonyl (C=O) groups excluding carboxylic acids is 2. The third-order valence-electron chi connectivity index (χ3n) is 3.44. The molecule has 4 nitrogen and oxygen atoms in total. The number of hydrogen-bond donors (Lipinski definition) is 2. The minimum absolute atomic E-state index is 0.0504. The van der Waals surface area contributed by atoms with Crippen molar-refractivity contribution in [3.63, 3.8) is 0 Å². The lowest BCUT2D eigenvalue weighted by atomic mass is 10.0. The van der Waals surface area contributed by atoms with Crippen molar-refractivity contribution in [2.75, 3.05) is 5.32 Å². The molecule has 0 saturated carbocycles. The summed E-state index contributed by atoms with van der Waals surface area (Å²) in [7, 11) is 0. The van der Waals surface area contributed by atoms with Crippen LogP contribution in [0.5, 0.6) is 0 Å². The summed E-state index contributed by atoms with van der Waals surface area (Å²) in [4.78, 5) is 23.5. The molecule has 1 atom stereocenters. The van der Waals surface area contributed by atoms with E-state index in [9.17, 15) is 22.8 Å². The van der Waals surface area contributed by atoms with Crippen LogP contribution in [-0.4, -0.2) is 11.8 Å². The summed E-state index contributed by atoms with van der Waals surface area (Å²) >= 11 is 0. The van der Waals surface area contributed by atoms with Crippen LogP contribution in [-0.2, 0) is 15.8 Å². The zero-order valence-corrected chi connectivity index (χ0v) is 13.4. The van der Waals surface area contributed by atoms with Gasteiger partial charge >= 0.3 is 6.18 Å². The molecule has 0 aromatic heterocycles. The van der Waals surface area contributed by atoms with E-state index in [1.54, 1.807) is 30.3 Å². The van der Waals surface area contributed by atoms with Gasteiger partial charge in [0, 0.05) is 12.6 Å². The minimum Gasteiger partial charge on any atom is -0.349 e. The number of amides is 2. The maximum atomic E-state index is 12.7. The summed E-state index contributed by atoms with van der Waals surface area (Å²) in [6, 6.07) is 12.7. The Bertz CT molecular complexity index is 745. The smallest absolute Gasteiger partial charge is 0.349 e. The van der Waals surface area contributed by atoms with E-state index >= 15 is 0 Å². The summed E-state index contributed by atoms with van der Waals surface area (Å²) < 4.78 is 38.2. The topological polar surface area (TPSA) is 58.2 Å². The molecule has 2 amide bonds. The van der Waals surface area contributed by atoms with Gasteiger partial charge in [0.25, 0.3) is 0 Å². The van der Waals surface area contributed by atoms with Crippen molar-refractivity contribution in [3.05, 3.63) is 65.7 Å². The first-order valence-corrected chi connectivity index (χ1v) is 7.55. The van der Waals surface area contributed by atoms with Crippen molar-refractivity contribution in [1.29, 1.82) is 0 Å². The van der Waals surface area contributed by atoms with Gasteiger partial charge in [-0.05, 0) is 23.8 Å². The number of anilines is 1. The zero-order valence-electron chi connectivity index (χ0n) is 13.4. The predicted octanol–water partition coefficient (Wildman–Crippen LogP) is 3.91. The quantitative estimate of drug-likeness (QED) is 0.859. The Labute approximate surface area is 143 Å². The van der Waals surface area contributed by atoms with Crippen LogP contribution in [0.3, 0.4) is 0 Å². The molecule has 2 aromatic rings. The molecular weight excluding hydrogens is 333 g/mol. The molecule has 0 fully saturated rings.